The molecule has 7 unspecified atom stereocenters. The summed E-state index contributed by atoms with van der Waals surface area (Å²) in [6.07, 6.45) is 8.60. The van der Waals surface area contributed by atoms with Crippen LogP contribution in [0.1, 0.15) is 51.9 Å². The highest BCUT2D eigenvalue weighted by Gasteiger charge is 2.64. The van der Waals surface area contributed by atoms with Crippen LogP contribution in [-0.4, -0.2) is 18.2 Å². The van der Waals surface area contributed by atoms with Crippen molar-refractivity contribution in [2.75, 3.05) is 6.67 Å². The number of hydrogen-bond acceptors (Lipinski definition) is 2. The first kappa shape index (κ1) is 13.1. The zero-order valence-electron chi connectivity index (χ0n) is 12.3. The fourth-order valence-electron chi connectivity index (χ4n) is 6.75. The molecule has 7 atom stereocenters. The number of halogens is 1. The molecule has 0 aromatic rings. The molecule has 0 aromatic carbocycles. The van der Waals surface area contributed by atoms with Gasteiger partial charge in [-0.1, -0.05) is 6.92 Å². The van der Waals surface area contributed by atoms with Crippen LogP contribution in [0.25, 0.3) is 0 Å². The van der Waals surface area contributed by atoms with E-state index in [0.29, 0.717) is 5.92 Å². The lowest BCUT2D eigenvalue weighted by atomic mass is 9.49. The Bertz CT molecular complexity index is 423. The summed E-state index contributed by atoms with van der Waals surface area (Å²) >= 11 is 0. The fourth-order valence-corrected chi connectivity index (χ4v) is 6.75. The Labute approximate surface area is 120 Å². The van der Waals surface area contributed by atoms with Crippen molar-refractivity contribution in [3.8, 4) is 0 Å². The summed E-state index contributed by atoms with van der Waals surface area (Å²) in [4.78, 5) is 11.6. The molecule has 0 saturated heterocycles. The molecule has 0 aromatic heterocycles. The molecular formula is C17H25FO2. The molecule has 5 saturated carbocycles. The van der Waals surface area contributed by atoms with E-state index in [1.165, 1.54) is 32.1 Å². The van der Waals surface area contributed by atoms with Gasteiger partial charge in [-0.25, -0.2) is 9.18 Å². The van der Waals surface area contributed by atoms with Gasteiger partial charge in [0.15, 0.2) is 6.67 Å². The second-order valence-electron chi connectivity index (χ2n) is 7.66. The Kier molecular flexibility index (Phi) is 2.91. The van der Waals surface area contributed by atoms with Gasteiger partial charge in [-0.3, -0.25) is 0 Å². The van der Waals surface area contributed by atoms with E-state index in [-0.39, 0.29) is 5.60 Å². The minimum atomic E-state index is -0.973. The Morgan fingerprint density at radius 3 is 2.55 bits per heavy atom. The molecule has 5 rings (SSSR count). The summed E-state index contributed by atoms with van der Waals surface area (Å²) in [6.45, 7) is 1.15. The summed E-state index contributed by atoms with van der Waals surface area (Å²) < 4.78 is 18.3. The van der Waals surface area contributed by atoms with Gasteiger partial charge in [0, 0.05) is 5.92 Å². The second-order valence-corrected chi connectivity index (χ2v) is 7.66. The van der Waals surface area contributed by atoms with Gasteiger partial charge in [0.2, 0.25) is 0 Å². The Morgan fingerprint density at radius 2 is 1.85 bits per heavy atom. The number of rotatable bonds is 3. The van der Waals surface area contributed by atoms with Crippen LogP contribution < -0.4 is 0 Å². The average molecular weight is 280 g/mol. The number of carbonyl (C=O) groups excluding carboxylic acids is 1. The van der Waals surface area contributed by atoms with Crippen LogP contribution in [0, 0.1) is 35.5 Å². The van der Waals surface area contributed by atoms with E-state index in [9.17, 15) is 9.18 Å². The smallest absolute Gasteiger partial charge is 0.338 e. The van der Waals surface area contributed by atoms with Gasteiger partial charge in [0.05, 0.1) is 0 Å². The molecule has 20 heavy (non-hydrogen) atoms. The Morgan fingerprint density at radius 1 is 1.15 bits per heavy atom. The number of esters is 1. The van der Waals surface area contributed by atoms with Gasteiger partial charge in [0.25, 0.3) is 0 Å². The maximum Gasteiger partial charge on any atom is 0.338 e. The largest absolute Gasteiger partial charge is 0.457 e. The molecule has 5 aliphatic carbocycles. The molecule has 0 amide bonds. The number of fused-ring (bicyclic) bond motifs is 4. The van der Waals surface area contributed by atoms with E-state index < -0.39 is 12.6 Å². The minimum Gasteiger partial charge on any atom is -0.457 e. The molecule has 0 N–H and O–H groups in total. The van der Waals surface area contributed by atoms with E-state index in [4.69, 9.17) is 4.74 Å². The number of alkyl halides is 1. The third kappa shape index (κ3) is 1.58. The van der Waals surface area contributed by atoms with Gasteiger partial charge < -0.3 is 4.74 Å². The molecule has 112 valence electrons. The van der Waals surface area contributed by atoms with Crippen LogP contribution in [0.3, 0.4) is 0 Å². The van der Waals surface area contributed by atoms with Crippen LogP contribution in [-0.2, 0) is 9.53 Å². The van der Waals surface area contributed by atoms with E-state index in [0.717, 1.165) is 42.4 Å². The van der Waals surface area contributed by atoms with E-state index >= 15 is 0 Å². The van der Waals surface area contributed by atoms with Gasteiger partial charge in [0.1, 0.15) is 5.60 Å². The van der Waals surface area contributed by atoms with Crippen molar-refractivity contribution in [1.29, 1.82) is 0 Å². The first-order valence-electron chi connectivity index (χ1n) is 8.46. The SMILES string of the molecule is CCC1(OC(=O)CF)CC2CCC1C1C3CCC(C3)C21. The van der Waals surface area contributed by atoms with Gasteiger partial charge in [-0.2, -0.15) is 0 Å². The summed E-state index contributed by atoms with van der Waals surface area (Å²) in [5.74, 6) is 4.09. The number of carbonyl (C=O) groups is 1. The zero-order chi connectivity index (χ0) is 13.9. The van der Waals surface area contributed by atoms with Crippen LogP contribution in [0.5, 0.6) is 0 Å². The molecule has 0 spiro atoms. The molecule has 0 aliphatic heterocycles. The predicted molar refractivity (Wildman–Crippen MR) is 73.7 cm³/mol. The summed E-state index contributed by atoms with van der Waals surface area (Å²) in [7, 11) is 0. The van der Waals surface area contributed by atoms with Crippen LogP contribution >= 0.6 is 0 Å². The van der Waals surface area contributed by atoms with Crippen molar-refractivity contribution in [3.05, 3.63) is 0 Å². The molecule has 3 heteroatoms. The quantitative estimate of drug-likeness (QED) is 0.736. The monoisotopic (exact) mass is 280 g/mol. The third-order valence-corrected chi connectivity index (χ3v) is 7.21. The lowest BCUT2D eigenvalue weighted by Crippen LogP contribution is -2.58. The normalized spacial score (nSPS) is 52.1. The first-order chi connectivity index (χ1) is 9.68. The van der Waals surface area contributed by atoms with Crippen molar-refractivity contribution in [1.82, 2.24) is 0 Å². The summed E-state index contributed by atoms with van der Waals surface area (Å²) in [5.41, 5.74) is -0.336. The van der Waals surface area contributed by atoms with Crippen LogP contribution in [0.15, 0.2) is 0 Å². The highest BCUT2D eigenvalue weighted by molar-refractivity contribution is 5.71. The molecule has 2 nitrogen and oxygen atoms in total. The van der Waals surface area contributed by atoms with E-state index in [1.807, 2.05) is 0 Å². The van der Waals surface area contributed by atoms with Crippen molar-refractivity contribution in [3.63, 3.8) is 0 Å². The first-order valence-corrected chi connectivity index (χ1v) is 8.46. The molecule has 0 radical (unpaired) electrons. The number of ether oxygens (including phenoxy) is 1. The van der Waals surface area contributed by atoms with Crippen LogP contribution in [0.2, 0.25) is 0 Å². The minimum absolute atomic E-state index is 0.336. The predicted octanol–water partition coefficient (Wildman–Crippen LogP) is 3.74. The molecule has 4 bridgehead atoms. The zero-order valence-corrected chi connectivity index (χ0v) is 12.3. The maximum absolute atomic E-state index is 12.6. The highest BCUT2D eigenvalue weighted by atomic mass is 19.1. The molecule has 0 heterocycles. The lowest BCUT2D eigenvalue weighted by Gasteiger charge is -2.59. The Hall–Kier alpha value is -0.600. The molecule has 5 aliphatic rings. The lowest BCUT2D eigenvalue weighted by molar-refractivity contribution is -0.204. The summed E-state index contributed by atoms with van der Waals surface area (Å²) in [6, 6.07) is 0. The number of hydrogen-bond donors (Lipinski definition) is 0. The van der Waals surface area contributed by atoms with Gasteiger partial charge in [-0.05, 0) is 74.5 Å². The van der Waals surface area contributed by atoms with Crippen LogP contribution in [0.4, 0.5) is 4.39 Å². The van der Waals surface area contributed by atoms with Gasteiger partial charge in [-0.15, -0.1) is 0 Å². The van der Waals surface area contributed by atoms with Crippen molar-refractivity contribution in [2.45, 2.75) is 57.5 Å². The average Bonchev–Trinajstić information content (AvgIpc) is 3.10. The molecular weight excluding hydrogens is 255 g/mol. The fraction of sp³-hybridized carbons (Fsp3) is 0.941. The maximum atomic E-state index is 12.6. The van der Waals surface area contributed by atoms with Crippen molar-refractivity contribution >= 4 is 5.97 Å². The van der Waals surface area contributed by atoms with E-state index in [1.54, 1.807) is 0 Å². The topological polar surface area (TPSA) is 26.3 Å². The van der Waals surface area contributed by atoms with E-state index in [2.05, 4.69) is 6.92 Å². The van der Waals surface area contributed by atoms with Gasteiger partial charge >= 0.3 is 5.97 Å². The molecule has 5 fully saturated rings. The standard InChI is InChI=1S/C17H25FO2/c1-2-17(20-14(19)9-18)8-12-5-6-13(17)16-11-4-3-10(7-11)15(12)16/h10-13,15-16H,2-9H2,1H3. The van der Waals surface area contributed by atoms with Crippen molar-refractivity contribution in [2.24, 2.45) is 35.5 Å². The van der Waals surface area contributed by atoms with Crippen molar-refractivity contribution < 1.29 is 13.9 Å². The third-order valence-electron chi connectivity index (χ3n) is 7.21. The highest BCUT2D eigenvalue weighted by Crippen LogP contribution is 2.68. The second kappa shape index (κ2) is 4.45. The Balaban J connectivity index is 1.65. The summed E-state index contributed by atoms with van der Waals surface area (Å²) in [5, 5.41) is 0.